The van der Waals surface area contributed by atoms with Crippen molar-refractivity contribution in [3.63, 3.8) is 0 Å². The van der Waals surface area contributed by atoms with Crippen LogP contribution < -0.4 is 0 Å². The fraction of sp³-hybridized carbons (Fsp3) is 0.333. The minimum absolute atomic E-state index is 0.389. The van der Waals surface area contributed by atoms with Crippen molar-refractivity contribution in [1.82, 2.24) is 9.55 Å². The third-order valence-electron chi connectivity index (χ3n) is 1.73. The summed E-state index contributed by atoms with van der Waals surface area (Å²) in [7, 11) is 0. The van der Waals surface area contributed by atoms with Crippen molar-refractivity contribution in [2.75, 3.05) is 0 Å². The molecule has 0 bridgehead atoms. The van der Waals surface area contributed by atoms with E-state index < -0.39 is 5.97 Å². The lowest BCUT2D eigenvalue weighted by Crippen LogP contribution is -1.98. The number of aromatic nitrogens is 2. The Morgan fingerprint density at radius 1 is 1.69 bits per heavy atom. The van der Waals surface area contributed by atoms with Crippen LogP contribution in [0.4, 0.5) is 0 Å². The lowest BCUT2D eigenvalue weighted by atomic mass is 10.2. The average Bonchev–Trinajstić information content (AvgIpc) is 2.56. The van der Waals surface area contributed by atoms with E-state index in [4.69, 9.17) is 5.11 Å². The molecule has 1 rings (SSSR count). The van der Waals surface area contributed by atoms with Crippen LogP contribution in [0.25, 0.3) is 0 Å². The summed E-state index contributed by atoms with van der Waals surface area (Å²) in [6.45, 7) is 2.36. The van der Waals surface area contributed by atoms with E-state index >= 15 is 0 Å². The number of carboxylic acids is 1. The smallest absolute Gasteiger partial charge is 0.330 e. The molecule has 1 heterocycles. The first-order valence-electron chi connectivity index (χ1n) is 4.06. The Morgan fingerprint density at radius 2 is 2.46 bits per heavy atom. The molecule has 0 aromatic carbocycles. The molecule has 0 amide bonds. The van der Waals surface area contributed by atoms with Gasteiger partial charge in [0.2, 0.25) is 0 Å². The molecule has 0 aliphatic heterocycles. The van der Waals surface area contributed by atoms with E-state index in [1.807, 2.05) is 10.8 Å². The van der Waals surface area contributed by atoms with Crippen molar-refractivity contribution in [2.24, 2.45) is 0 Å². The maximum Gasteiger partial charge on any atom is 0.330 e. The minimum atomic E-state index is -0.856. The van der Waals surface area contributed by atoms with Crippen molar-refractivity contribution in [1.29, 1.82) is 0 Å². The number of hydrogen-bond donors (Lipinski definition) is 1. The molecular formula is C9H12N2O2. The fourth-order valence-corrected chi connectivity index (χ4v) is 0.936. The van der Waals surface area contributed by atoms with Gasteiger partial charge in [-0.2, -0.15) is 0 Å². The molecule has 4 heteroatoms. The van der Waals surface area contributed by atoms with Gasteiger partial charge in [-0.3, -0.25) is 0 Å². The second kappa shape index (κ2) is 4.45. The fourth-order valence-electron chi connectivity index (χ4n) is 0.936. The predicted molar refractivity (Wildman–Crippen MR) is 48.2 cm³/mol. The number of aliphatic carboxylic acids is 1. The largest absolute Gasteiger partial charge is 0.478 e. The van der Waals surface area contributed by atoms with Crippen molar-refractivity contribution in [2.45, 2.75) is 19.9 Å². The first-order chi connectivity index (χ1) is 6.20. The maximum atomic E-state index is 10.4. The molecule has 1 aromatic heterocycles. The molecule has 0 spiro atoms. The average molecular weight is 180 g/mol. The molecule has 0 saturated heterocycles. The number of rotatable bonds is 4. The number of carbonyl (C=O) groups is 1. The second-order valence-corrected chi connectivity index (χ2v) is 2.78. The van der Waals surface area contributed by atoms with E-state index in [2.05, 4.69) is 4.98 Å². The van der Waals surface area contributed by atoms with Gasteiger partial charge < -0.3 is 9.67 Å². The summed E-state index contributed by atoms with van der Waals surface area (Å²) in [4.78, 5) is 14.3. The van der Waals surface area contributed by atoms with Gasteiger partial charge in [0.25, 0.3) is 0 Å². The molecule has 0 radical (unpaired) electrons. The van der Waals surface area contributed by atoms with Crippen LogP contribution in [0, 0.1) is 0 Å². The van der Waals surface area contributed by atoms with Crippen LogP contribution in [0.3, 0.4) is 0 Å². The van der Waals surface area contributed by atoms with Crippen molar-refractivity contribution >= 4 is 5.97 Å². The van der Waals surface area contributed by atoms with Gasteiger partial charge in [0.15, 0.2) is 0 Å². The number of allylic oxidation sites excluding steroid dienone is 1. The van der Waals surface area contributed by atoms with Crippen LogP contribution in [-0.4, -0.2) is 20.6 Å². The molecule has 0 atom stereocenters. The highest BCUT2D eigenvalue weighted by molar-refractivity contribution is 5.85. The molecule has 13 heavy (non-hydrogen) atoms. The molecule has 0 unspecified atom stereocenters. The predicted octanol–water partition coefficient (Wildman–Crippen LogP) is 1.30. The summed E-state index contributed by atoms with van der Waals surface area (Å²) < 4.78 is 1.91. The summed E-state index contributed by atoms with van der Waals surface area (Å²) in [5, 5.41) is 8.55. The zero-order valence-corrected chi connectivity index (χ0v) is 7.47. The van der Waals surface area contributed by atoms with Crippen molar-refractivity contribution in [3.8, 4) is 0 Å². The van der Waals surface area contributed by atoms with Crippen LogP contribution in [0.5, 0.6) is 0 Å². The van der Waals surface area contributed by atoms with Gasteiger partial charge >= 0.3 is 5.97 Å². The highest BCUT2D eigenvalue weighted by atomic mass is 16.4. The molecule has 0 saturated carbocycles. The monoisotopic (exact) mass is 180 g/mol. The van der Waals surface area contributed by atoms with E-state index in [-0.39, 0.29) is 0 Å². The summed E-state index contributed by atoms with van der Waals surface area (Å²) >= 11 is 0. The van der Waals surface area contributed by atoms with Gasteiger partial charge in [-0.1, -0.05) is 6.08 Å². The van der Waals surface area contributed by atoms with E-state index in [0.29, 0.717) is 12.0 Å². The lowest BCUT2D eigenvalue weighted by molar-refractivity contribution is -0.132. The summed E-state index contributed by atoms with van der Waals surface area (Å²) in [6.07, 6.45) is 7.69. The lowest BCUT2D eigenvalue weighted by Gasteiger charge is -1.97. The molecule has 4 nitrogen and oxygen atoms in total. The number of nitrogens with zero attached hydrogens (tertiary/aromatic N) is 2. The SMILES string of the molecule is CC(=CCCn1ccnc1)C(=O)O. The second-order valence-electron chi connectivity index (χ2n) is 2.78. The number of aryl methyl sites for hydroxylation is 1. The van der Waals surface area contributed by atoms with Crippen LogP contribution in [-0.2, 0) is 11.3 Å². The Kier molecular flexibility index (Phi) is 3.25. The molecule has 1 N–H and O–H groups in total. The number of hydrogen-bond acceptors (Lipinski definition) is 2. The van der Waals surface area contributed by atoms with E-state index in [0.717, 1.165) is 6.54 Å². The third-order valence-corrected chi connectivity index (χ3v) is 1.73. The van der Waals surface area contributed by atoms with Gasteiger partial charge in [-0.05, 0) is 13.3 Å². The topological polar surface area (TPSA) is 55.1 Å². The minimum Gasteiger partial charge on any atom is -0.478 e. The Bertz CT molecular complexity index is 301. The van der Waals surface area contributed by atoms with E-state index in [1.165, 1.54) is 0 Å². The zero-order valence-electron chi connectivity index (χ0n) is 7.47. The molecule has 1 aromatic rings. The van der Waals surface area contributed by atoms with Gasteiger partial charge in [0, 0.05) is 24.5 Å². The summed E-state index contributed by atoms with van der Waals surface area (Å²) in [5.41, 5.74) is 0.389. The Morgan fingerprint density at radius 3 is 3.00 bits per heavy atom. The normalized spacial score (nSPS) is 11.6. The highest BCUT2D eigenvalue weighted by Crippen LogP contribution is 1.97. The van der Waals surface area contributed by atoms with Gasteiger partial charge in [-0.15, -0.1) is 0 Å². The van der Waals surface area contributed by atoms with Crippen LogP contribution in [0.1, 0.15) is 13.3 Å². The number of imidazole rings is 1. The Labute approximate surface area is 76.5 Å². The maximum absolute atomic E-state index is 10.4. The third kappa shape index (κ3) is 3.11. The van der Waals surface area contributed by atoms with Crippen molar-refractivity contribution < 1.29 is 9.90 Å². The van der Waals surface area contributed by atoms with Crippen LogP contribution >= 0.6 is 0 Å². The summed E-state index contributed by atoms with van der Waals surface area (Å²) in [6, 6.07) is 0. The molecular weight excluding hydrogens is 168 g/mol. The van der Waals surface area contributed by atoms with Crippen LogP contribution in [0.15, 0.2) is 30.4 Å². The van der Waals surface area contributed by atoms with Crippen molar-refractivity contribution in [3.05, 3.63) is 30.4 Å². The number of carboxylic acid groups (broad SMARTS) is 1. The Hall–Kier alpha value is -1.58. The first kappa shape index (κ1) is 9.51. The van der Waals surface area contributed by atoms with Gasteiger partial charge in [0.05, 0.1) is 6.33 Å². The van der Waals surface area contributed by atoms with Gasteiger partial charge in [0.1, 0.15) is 0 Å². The van der Waals surface area contributed by atoms with Crippen LogP contribution in [0.2, 0.25) is 0 Å². The molecule has 0 aliphatic rings. The quantitative estimate of drug-likeness (QED) is 0.710. The van der Waals surface area contributed by atoms with E-state index in [9.17, 15) is 4.79 Å². The highest BCUT2D eigenvalue weighted by Gasteiger charge is 1.97. The standard InChI is InChI=1S/C9H12N2O2/c1-8(9(12)13)3-2-5-11-6-4-10-7-11/h3-4,6-7H,2,5H2,1H3,(H,12,13). The Balaban J connectivity index is 2.36. The van der Waals surface area contributed by atoms with Gasteiger partial charge in [-0.25, -0.2) is 9.78 Å². The molecule has 70 valence electrons. The zero-order chi connectivity index (χ0) is 9.68. The molecule has 0 fully saturated rings. The summed E-state index contributed by atoms with van der Waals surface area (Å²) in [5.74, 6) is -0.856. The van der Waals surface area contributed by atoms with E-state index in [1.54, 1.807) is 25.5 Å². The first-order valence-corrected chi connectivity index (χ1v) is 4.06. The molecule has 0 aliphatic carbocycles.